The predicted molar refractivity (Wildman–Crippen MR) is 72.3 cm³/mol. The number of morpholine rings is 1. The third kappa shape index (κ3) is 2.58. The highest BCUT2D eigenvalue weighted by molar-refractivity contribution is 5.68. The molecule has 1 aromatic rings. The number of para-hydroxylation sites is 1. The second-order valence-corrected chi connectivity index (χ2v) is 6.15. The van der Waals surface area contributed by atoms with Crippen LogP contribution >= 0.6 is 0 Å². The quantitative estimate of drug-likeness (QED) is 0.781. The maximum absolute atomic E-state index is 13.5. The highest BCUT2D eigenvalue weighted by atomic mass is 19.1. The van der Waals surface area contributed by atoms with E-state index in [0.29, 0.717) is 13.1 Å². The highest BCUT2D eigenvalue weighted by Crippen LogP contribution is 2.34. The number of benzene rings is 1. The summed E-state index contributed by atoms with van der Waals surface area (Å²) in [6.45, 7) is 9.55. The summed E-state index contributed by atoms with van der Waals surface area (Å²) in [7, 11) is 0. The molecule has 0 spiro atoms. The van der Waals surface area contributed by atoms with Gasteiger partial charge in [0.15, 0.2) is 0 Å². The Kier molecular flexibility index (Phi) is 3.01. The molecule has 0 amide bonds. The number of rotatable bonds is 1. The van der Waals surface area contributed by atoms with Crippen molar-refractivity contribution in [2.24, 2.45) is 0 Å². The van der Waals surface area contributed by atoms with E-state index in [0.717, 1.165) is 5.69 Å². The fourth-order valence-electron chi connectivity index (χ4n) is 2.76. The first kappa shape index (κ1) is 13.1. The van der Waals surface area contributed by atoms with Crippen molar-refractivity contribution in [2.45, 2.75) is 38.9 Å². The topological polar surface area (TPSA) is 38.5 Å². The number of nitrogen functional groups attached to an aromatic ring is 1. The van der Waals surface area contributed by atoms with Crippen molar-refractivity contribution >= 4 is 11.4 Å². The van der Waals surface area contributed by atoms with Crippen molar-refractivity contribution < 1.29 is 9.13 Å². The summed E-state index contributed by atoms with van der Waals surface area (Å²) < 4.78 is 19.5. The average Bonchev–Trinajstić information content (AvgIpc) is 2.17. The lowest BCUT2D eigenvalue weighted by Gasteiger charge is -2.48. The molecule has 2 rings (SSSR count). The number of nitrogens with two attached hydrogens (primary N) is 1. The van der Waals surface area contributed by atoms with Crippen LogP contribution in [0.5, 0.6) is 0 Å². The second-order valence-electron chi connectivity index (χ2n) is 6.15. The second kappa shape index (κ2) is 4.12. The van der Waals surface area contributed by atoms with Crippen molar-refractivity contribution in [2.75, 3.05) is 23.7 Å². The Labute approximate surface area is 108 Å². The summed E-state index contributed by atoms with van der Waals surface area (Å²) >= 11 is 0. The highest BCUT2D eigenvalue weighted by Gasteiger charge is 2.38. The molecule has 0 bridgehead atoms. The van der Waals surface area contributed by atoms with Gasteiger partial charge < -0.3 is 15.4 Å². The van der Waals surface area contributed by atoms with E-state index in [-0.39, 0.29) is 22.7 Å². The third-order valence-electron chi connectivity index (χ3n) is 3.07. The minimum Gasteiger partial charge on any atom is -0.395 e. The van der Waals surface area contributed by atoms with E-state index in [1.807, 2.05) is 33.8 Å². The Balaban J connectivity index is 2.36. The van der Waals surface area contributed by atoms with Gasteiger partial charge in [-0.3, -0.25) is 0 Å². The first-order chi connectivity index (χ1) is 8.20. The van der Waals surface area contributed by atoms with Crippen LogP contribution in [-0.4, -0.2) is 24.3 Å². The lowest BCUT2D eigenvalue weighted by molar-refractivity contribution is -0.133. The molecule has 3 nitrogen and oxygen atoms in total. The minimum absolute atomic E-state index is 0.214. The van der Waals surface area contributed by atoms with E-state index in [1.54, 1.807) is 6.07 Å². The number of hydrogen-bond acceptors (Lipinski definition) is 3. The molecule has 0 aliphatic carbocycles. The zero-order valence-corrected chi connectivity index (χ0v) is 11.5. The van der Waals surface area contributed by atoms with Gasteiger partial charge in [0.2, 0.25) is 0 Å². The van der Waals surface area contributed by atoms with Crippen LogP contribution in [0.3, 0.4) is 0 Å². The smallest absolute Gasteiger partial charge is 0.148 e. The molecule has 1 saturated heterocycles. The lowest BCUT2D eigenvalue weighted by Crippen LogP contribution is -2.57. The van der Waals surface area contributed by atoms with Gasteiger partial charge in [0.05, 0.1) is 22.6 Å². The van der Waals surface area contributed by atoms with Crippen LogP contribution in [0.2, 0.25) is 0 Å². The summed E-state index contributed by atoms with van der Waals surface area (Å²) in [6, 6.07) is 4.93. The van der Waals surface area contributed by atoms with Crippen molar-refractivity contribution in [1.82, 2.24) is 0 Å². The van der Waals surface area contributed by atoms with Crippen LogP contribution in [0.1, 0.15) is 27.7 Å². The Morgan fingerprint density at radius 1 is 1.17 bits per heavy atom. The van der Waals surface area contributed by atoms with Gasteiger partial charge in [-0.15, -0.1) is 0 Å². The Morgan fingerprint density at radius 2 is 1.72 bits per heavy atom. The maximum Gasteiger partial charge on any atom is 0.148 e. The first-order valence-corrected chi connectivity index (χ1v) is 6.19. The number of anilines is 2. The molecule has 1 heterocycles. The van der Waals surface area contributed by atoms with Crippen molar-refractivity contribution in [3.05, 3.63) is 24.0 Å². The SMILES string of the molecule is CC1(C)CN(c2cccc(F)c2N)CC(C)(C)O1. The van der Waals surface area contributed by atoms with E-state index in [2.05, 4.69) is 4.90 Å². The Morgan fingerprint density at radius 3 is 2.28 bits per heavy atom. The molecule has 0 unspecified atom stereocenters. The summed E-state index contributed by atoms with van der Waals surface area (Å²) in [5, 5.41) is 0. The van der Waals surface area contributed by atoms with Gasteiger partial charge in [0.25, 0.3) is 0 Å². The van der Waals surface area contributed by atoms with Gasteiger partial charge in [0.1, 0.15) is 5.82 Å². The normalized spacial score (nSPS) is 21.9. The number of ether oxygens (including phenoxy) is 1. The van der Waals surface area contributed by atoms with Crippen LogP contribution in [-0.2, 0) is 4.74 Å². The summed E-state index contributed by atoms with van der Waals surface area (Å²) in [4.78, 5) is 2.10. The van der Waals surface area contributed by atoms with Gasteiger partial charge >= 0.3 is 0 Å². The van der Waals surface area contributed by atoms with Gasteiger partial charge in [-0.25, -0.2) is 4.39 Å². The van der Waals surface area contributed by atoms with E-state index in [9.17, 15) is 4.39 Å². The van der Waals surface area contributed by atoms with Gasteiger partial charge in [-0.2, -0.15) is 0 Å². The number of hydrogen-bond donors (Lipinski definition) is 1. The van der Waals surface area contributed by atoms with Crippen LogP contribution in [0.15, 0.2) is 18.2 Å². The van der Waals surface area contributed by atoms with Gasteiger partial charge in [0, 0.05) is 13.1 Å². The zero-order chi connectivity index (χ0) is 13.6. The van der Waals surface area contributed by atoms with E-state index in [1.165, 1.54) is 6.07 Å². The zero-order valence-electron chi connectivity index (χ0n) is 11.5. The Hall–Kier alpha value is -1.29. The molecule has 1 aliphatic heterocycles. The van der Waals surface area contributed by atoms with E-state index >= 15 is 0 Å². The molecule has 1 aromatic carbocycles. The predicted octanol–water partition coefficient (Wildman–Crippen LogP) is 2.80. The van der Waals surface area contributed by atoms with E-state index < -0.39 is 0 Å². The fourth-order valence-corrected chi connectivity index (χ4v) is 2.76. The van der Waals surface area contributed by atoms with Gasteiger partial charge in [-0.05, 0) is 39.8 Å². The molecule has 4 heteroatoms. The standard InChI is InChI=1S/C14H21FN2O/c1-13(2)8-17(9-14(3,4)18-13)11-7-5-6-10(15)12(11)16/h5-7H,8-9,16H2,1-4H3. The maximum atomic E-state index is 13.5. The van der Waals surface area contributed by atoms with Crippen LogP contribution < -0.4 is 10.6 Å². The van der Waals surface area contributed by atoms with Crippen molar-refractivity contribution in [1.29, 1.82) is 0 Å². The fraction of sp³-hybridized carbons (Fsp3) is 0.571. The third-order valence-corrected chi connectivity index (χ3v) is 3.07. The summed E-state index contributed by atoms with van der Waals surface area (Å²) in [5.74, 6) is -0.366. The van der Waals surface area contributed by atoms with E-state index in [4.69, 9.17) is 10.5 Å². The first-order valence-electron chi connectivity index (χ1n) is 6.19. The lowest BCUT2D eigenvalue weighted by atomic mass is 9.98. The molecule has 0 radical (unpaired) electrons. The van der Waals surface area contributed by atoms with Crippen molar-refractivity contribution in [3.63, 3.8) is 0 Å². The molecule has 0 atom stereocenters. The summed E-state index contributed by atoms with van der Waals surface area (Å²) in [5.41, 5.74) is 6.24. The molecular weight excluding hydrogens is 231 g/mol. The molecule has 0 aromatic heterocycles. The molecule has 1 fully saturated rings. The van der Waals surface area contributed by atoms with Crippen LogP contribution in [0.4, 0.5) is 15.8 Å². The number of nitrogens with zero attached hydrogens (tertiary/aromatic N) is 1. The average molecular weight is 252 g/mol. The minimum atomic E-state index is -0.366. The molecule has 1 aliphatic rings. The Bertz CT molecular complexity index is 441. The van der Waals surface area contributed by atoms with Crippen LogP contribution in [0, 0.1) is 5.82 Å². The largest absolute Gasteiger partial charge is 0.395 e. The molecule has 2 N–H and O–H groups in total. The van der Waals surface area contributed by atoms with Gasteiger partial charge in [-0.1, -0.05) is 6.07 Å². The molecule has 18 heavy (non-hydrogen) atoms. The number of halogens is 1. The van der Waals surface area contributed by atoms with Crippen molar-refractivity contribution in [3.8, 4) is 0 Å². The molecule has 100 valence electrons. The van der Waals surface area contributed by atoms with Crippen LogP contribution in [0.25, 0.3) is 0 Å². The molecular formula is C14H21FN2O. The monoisotopic (exact) mass is 252 g/mol. The molecule has 0 saturated carbocycles. The summed E-state index contributed by atoms with van der Waals surface area (Å²) in [6.07, 6.45) is 0.